The molecule has 1 aliphatic rings. The van der Waals surface area contributed by atoms with Crippen molar-refractivity contribution in [3.05, 3.63) is 35.4 Å². The molecular formula is C17H24N2O3. The van der Waals surface area contributed by atoms with Gasteiger partial charge >= 0.3 is 0 Å². The molecule has 1 atom stereocenters. The minimum Gasteiger partial charge on any atom is -0.381 e. The first-order valence-electron chi connectivity index (χ1n) is 7.71. The van der Waals surface area contributed by atoms with Crippen molar-refractivity contribution in [2.75, 3.05) is 27.3 Å². The van der Waals surface area contributed by atoms with Crippen LogP contribution in [-0.2, 0) is 16.1 Å². The van der Waals surface area contributed by atoms with Gasteiger partial charge in [-0.1, -0.05) is 12.1 Å². The average molecular weight is 304 g/mol. The predicted octanol–water partition coefficient (Wildman–Crippen LogP) is 1.82. The Bertz CT molecular complexity index is 522. The molecule has 0 radical (unpaired) electrons. The van der Waals surface area contributed by atoms with E-state index in [1.54, 1.807) is 25.1 Å². The second-order valence-corrected chi connectivity index (χ2v) is 5.96. The fourth-order valence-electron chi connectivity index (χ4n) is 2.58. The first kappa shape index (κ1) is 16.5. The Hall–Kier alpha value is -1.88. The van der Waals surface area contributed by atoms with Gasteiger partial charge in [0.15, 0.2) is 0 Å². The van der Waals surface area contributed by atoms with Crippen molar-refractivity contribution in [3.8, 4) is 0 Å². The van der Waals surface area contributed by atoms with Gasteiger partial charge in [0.2, 0.25) is 5.91 Å². The van der Waals surface area contributed by atoms with Crippen molar-refractivity contribution in [2.24, 2.45) is 5.92 Å². The third kappa shape index (κ3) is 4.84. The SMILES string of the molecule is CN(C)C(=O)c1cccc(CNC(=O)C[C@@H]2CCCOC2)c1. The first-order chi connectivity index (χ1) is 10.6. The number of rotatable bonds is 5. The van der Waals surface area contributed by atoms with E-state index in [1.165, 1.54) is 0 Å². The zero-order valence-electron chi connectivity index (χ0n) is 13.3. The van der Waals surface area contributed by atoms with E-state index in [4.69, 9.17) is 4.74 Å². The van der Waals surface area contributed by atoms with E-state index in [-0.39, 0.29) is 11.8 Å². The van der Waals surface area contributed by atoms with Crippen molar-refractivity contribution in [2.45, 2.75) is 25.8 Å². The highest BCUT2D eigenvalue weighted by atomic mass is 16.5. The Morgan fingerprint density at radius 3 is 2.86 bits per heavy atom. The van der Waals surface area contributed by atoms with Crippen molar-refractivity contribution >= 4 is 11.8 Å². The van der Waals surface area contributed by atoms with Crippen molar-refractivity contribution in [1.82, 2.24) is 10.2 Å². The van der Waals surface area contributed by atoms with Crippen LogP contribution in [0.15, 0.2) is 24.3 Å². The zero-order valence-corrected chi connectivity index (χ0v) is 13.3. The van der Waals surface area contributed by atoms with Crippen LogP contribution in [0.4, 0.5) is 0 Å². The van der Waals surface area contributed by atoms with Crippen LogP contribution in [0.5, 0.6) is 0 Å². The molecule has 1 heterocycles. The van der Waals surface area contributed by atoms with E-state index < -0.39 is 0 Å². The fourth-order valence-corrected chi connectivity index (χ4v) is 2.58. The Labute approximate surface area is 131 Å². The van der Waals surface area contributed by atoms with E-state index in [9.17, 15) is 9.59 Å². The van der Waals surface area contributed by atoms with Gasteiger partial charge in [-0.25, -0.2) is 0 Å². The Morgan fingerprint density at radius 2 is 2.18 bits per heavy atom. The summed E-state index contributed by atoms with van der Waals surface area (Å²) in [6.45, 7) is 1.94. The maximum atomic E-state index is 12.0. The summed E-state index contributed by atoms with van der Waals surface area (Å²) in [6, 6.07) is 7.36. The summed E-state index contributed by atoms with van der Waals surface area (Å²) < 4.78 is 5.39. The van der Waals surface area contributed by atoms with Crippen LogP contribution in [0.3, 0.4) is 0 Å². The van der Waals surface area contributed by atoms with Gasteiger partial charge < -0.3 is 15.0 Å². The summed E-state index contributed by atoms with van der Waals surface area (Å²) in [6.07, 6.45) is 2.60. The molecular weight excluding hydrogens is 280 g/mol. The summed E-state index contributed by atoms with van der Waals surface area (Å²) in [7, 11) is 3.45. The lowest BCUT2D eigenvalue weighted by Gasteiger charge is -2.21. The quantitative estimate of drug-likeness (QED) is 0.903. The second-order valence-electron chi connectivity index (χ2n) is 5.96. The van der Waals surface area contributed by atoms with Gasteiger partial charge in [0.05, 0.1) is 0 Å². The van der Waals surface area contributed by atoms with Crippen LogP contribution in [-0.4, -0.2) is 44.0 Å². The number of benzene rings is 1. The zero-order chi connectivity index (χ0) is 15.9. The highest BCUT2D eigenvalue weighted by Crippen LogP contribution is 2.17. The van der Waals surface area contributed by atoms with E-state index in [0.717, 1.165) is 25.0 Å². The molecule has 0 aliphatic carbocycles. The molecule has 2 rings (SSSR count). The lowest BCUT2D eigenvalue weighted by atomic mass is 9.98. The molecule has 2 amide bonds. The van der Waals surface area contributed by atoms with Crippen molar-refractivity contribution in [1.29, 1.82) is 0 Å². The number of nitrogens with one attached hydrogen (secondary N) is 1. The molecule has 1 aromatic rings. The molecule has 0 bridgehead atoms. The van der Waals surface area contributed by atoms with Gasteiger partial charge in [-0.15, -0.1) is 0 Å². The predicted molar refractivity (Wildman–Crippen MR) is 84.5 cm³/mol. The van der Waals surface area contributed by atoms with E-state index in [1.807, 2.05) is 18.2 Å². The number of carbonyl (C=O) groups excluding carboxylic acids is 2. The topological polar surface area (TPSA) is 58.6 Å². The molecule has 1 N–H and O–H groups in total. The molecule has 0 saturated carbocycles. The van der Waals surface area contributed by atoms with Gasteiger partial charge in [-0.05, 0) is 36.5 Å². The molecule has 1 aromatic carbocycles. The highest BCUT2D eigenvalue weighted by Gasteiger charge is 2.17. The summed E-state index contributed by atoms with van der Waals surface area (Å²) in [5.74, 6) is 0.336. The van der Waals surface area contributed by atoms with Crippen molar-refractivity contribution < 1.29 is 14.3 Å². The van der Waals surface area contributed by atoms with Gasteiger partial charge in [0, 0.05) is 45.8 Å². The van der Waals surface area contributed by atoms with E-state index >= 15 is 0 Å². The van der Waals surface area contributed by atoms with Gasteiger partial charge in [0.1, 0.15) is 0 Å². The summed E-state index contributed by atoms with van der Waals surface area (Å²) in [4.78, 5) is 25.4. The minimum atomic E-state index is -0.0347. The fraction of sp³-hybridized carbons (Fsp3) is 0.529. The highest BCUT2D eigenvalue weighted by molar-refractivity contribution is 5.94. The molecule has 22 heavy (non-hydrogen) atoms. The van der Waals surface area contributed by atoms with Crippen LogP contribution >= 0.6 is 0 Å². The largest absolute Gasteiger partial charge is 0.381 e. The lowest BCUT2D eigenvalue weighted by Crippen LogP contribution is -2.28. The molecule has 5 nitrogen and oxygen atoms in total. The molecule has 0 aromatic heterocycles. The Kier molecular flexibility index (Phi) is 5.95. The maximum absolute atomic E-state index is 12.0. The van der Waals surface area contributed by atoms with Crippen molar-refractivity contribution in [3.63, 3.8) is 0 Å². The summed E-state index contributed by atoms with van der Waals surface area (Å²) in [5, 5.41) is 2.92. The molecule has 1 aliphatic heterocycles. The van der Waals surface area contributed by atoms with E-state index in [0.29, 0.717) is 31.1 Å². The summed E-state index contributed by atoms with van der Waals surface area (Å²) >= 11 is 0. The van der Waals surface area contributed by atoms with Crippen LogP contribution in [0, 0.1) is 5.92 Å². The normalized spacial score (nSPS) is 17.8. The number of hydrogen-bond donors (Lipinski definition) is 1. The van der Waals surface area contributed by atoms with Gasteiger partial charge in [0.25, 0.3) is 5.91 Å². The second kappa shape index (κ2) is 7.94. The Balaban J connectivity index is 1.84. The molecule has 1 fully saturated rings. The Morgan fingerprint density at radius 1 is 1.36 bits per heavy atom. The monoisotopic (exact) mass is 304 g/mol. The smallest absolute Gasteiger partial charge is 0.253 e. The van der Waals surface area contributed by atoms with Gasteiger partial charge in [-0.2, -0.15) is 0 Å². The number of amides is 2. The third-order valence-electron chi connectivity index (χ3n) is 3.80. The van der Waals surface area contributed by atoms with Crippen LogP contribution in [0.1, 0.15) is 35.2 Å². The third-order valence-corrected chi connectivity index (χ3v) is 3.80. The number of hydrogen-bond acceptors (Lipinski definition) is 3. The molecule has 1 saturated heterocycles. The minimum absolute atomic E-state index is 0.0347. The van der Waals surface area contributed by atoms with Gasteiger partial charge in [-0.3, -0.25) is 9.59 Å². The molecule has 120 valence electrons. The number of nitrogens with zero attached hydrogens (tertiary/aromatic N) is 1. The molecule has 0 unspecified atom stereocenters. The van der Waals surface area contributed by atoms with Crippen LogP contribution in [0.25, 0.3) is 0 Å². The average Bonchev–Trinajstić information content (AvgIpc) is 2.53. The first-order valence-corrected chi connectivity index (χ1v) is 7.71. The van der Waals surface area contributed by atoms with Crippen LogP contribution < -0.4 is 5.32 Å². The van der Waals surface area contributed by atoms with Crippen LogP contribution in [0.2, 0.25) is 0 Å². The van der Waals surface area contributed by atoms with E-state index in [2.05, 4.69) is 5.32 Å². The molecule has 0 spiro atoms. The standard InChI is InChI=1S/C17H24N2O3/c1-19(2)17(21)15-7-3-5-13(9-15)11-18-16(20)10-14-6-4-8-22-12-14/h3,5,7,9,14H,4,6,8,10-12H2,1-2H3,(H,18,20)/t14-/m0/s1. The molecule has 5 heteroatoms. The summed E-state index contributed by atoms with van der Waals surface area (Å²) in [5.41, 5.74) is 1.57. The number of ether oxygens (including phenoxy) is 1. The maximum Gasteiger partial charge on any atom is 0.253 e. The lowest BCUT2D eigenvalue weighted by molar-refractivity contribution is -0.123. The number of carbonyl (C=O) groups is 2.